The smallest absolute Gasteiger partial charge is 0.325 e. The van der Waals surface area contributed by atoms with Gasteiger partial charge in [-0.2, -0.15) is 0 Å². The summed E-state index contributed by atoms with van der Waals surface area (Å²) < 4.78 is 0. The molecule has 0 aliphatic rings. The monoisotopic (exact) mass is 368 g/mol. The third-order valence-electron chi connectivity index (χ3n) is 2.50. The van der Waals surface area contributed by atoms with Crippen molar-refractivity contribution in [2.75, 3.05) is 19.8 Å². The summed E-state index contributed by atoms with van der Waals surface area (Å²) in [4.78, 5) is 35.1. The molecule has 25 heavy (non-hydrogen) atoms. The second-order valence-corrected chi connectivity index (χ2v) is 4.64. The van der Waals surface area contributed by atoms with Gasteiger partial charge in [0.2, 0.25) is 0 Å². The number of nitrogens with one attached hydrogen (secondary N) is 2. The fourth-order valence-electron chi connectivity index (χ4n) is 0.951. The molecule has 0 fully saturated rings. The first-order valence-electron chi connectivity index (χ1n) is 6.93. The van der Waals surface area contributed by atoms with E-state index in [1.54, 1.807) is 6.92 Å². The van der Waals surface area contributed by atoms with Crippen LogP contribution in [0.5, 0.6) is 0 Å². The van der Waals surface area contributed by atoms with Gasteiger partial charge in [0.05, 0.1) is 19.8 Å². The van der Waals surface area contributed by atoms with Crippen LogP contribution in [0, 0.1) is 6.92 Å². The summed E-state index contributed by atoms with van der Waals surface area (Å²) in [7, 11) is 0. The molecule has 9 N–H and O–H groups in total. The molecule has 0 aliphatic carbocycles. The number of aromatic amines is 2. The normalized spacial score (nSPS) is 13.6. The highest BCUT2D eigenvalue weighted by molar-refractivity contribution is 5.56. The number of aldehydes is 1. The zero-order chi connectivity index (χ0) is 20.0. The maximum Gasteiger partial charge on any atom is 0.325 e. The number of carbonyl (C=O) groups is 1. The zero-order valence-electron chi connectivity index (χ0n) is 13.4. The molecule has 3 atom stereocenters. The number of hydrogen-bond donors (Lipinski definition) is 9. The molecule has 1 heterocycles. The molecule has 0 amide bonds. The van der Waals surface area contributed by atoms with Crippen LogP contribution in [-0.4, -0.2) is 96.2 Å². The van der Waals surface area contributed by atoms with Gasteiger partial charge in [0.15, 0.2) is 6.29 Å². The van der Waals surface area contributed by atoms with Crippen molar-refractivity contribution in [2.45, 2.75) is 31.3 Å². The maximum absolute atomic E-state index is 10.6. The minimum atomic E-state index is -1.64. The van der Waals surface area contributed by atoms with Crippen LogP contribution in [0.4, 0.5) is 0 Å². The number of hydrogen-bond acceptors (Lipinski definition) is 10. The van der Waals surface area contributed by atoms with Gasteiger partial charge in [-0.05, 0) is 6.92 Å². The van der Waals surface area contributed by atoms with Crippen molar-refractivity contribution in [2.24, 2.45) is 0 Å². The first kappa shape index (κ1) is 25.3. The van der Waals surface area contributed by atoms with Crippen LogP contribution in [0.1, 0.15) is 5.56 Å². The van der Waals surface area contributed by atoms with E-state index in [0.29, 0.717) is 5.56 Å². The van der Waals surface area contributed by atoms with Crippen LogP contribution in [0.2, 0.25) is 0 Å². The molecule has 0 aliphatic heterocycles. The van der Waals surface area contributed by atoms with Gasteiger partial charge in [-0.3, -0.25) is 9.78 Å². The predicted molar refractivity (Wildman–Crippen MR) is 83.8 cm³/mol. The summed E-state index contributed by atoms with van der Waals surface area (Å²) in [6.45, 7) is 0.202. The molecular formula is C13H24N2O10. The van der Waals surface area contributed by atoms with Gasteiger partial charge in [-0.1, -0.05) is 0 Å². The lowest BCUT2D eigenvalue weighted by molar-refractivity contribution is -0.127. The van der Waals surface area contributed by atoms with Gasteiger partial charge in [0, 0.05) is 11.8 Å². The molecular weight excluding hydrogens is 344 g/mol. The third-order valence-corrected chi connectivity index (χ3v) is 2.50. The standard InChI is InChI=1S/C5H6N2O2.C5H10O5.C3H8O3/c1-3-2-6-5(9)7-4(3)8;6-1-3(8)5(10)4(9)2-7;4-1-3(6)2-5/h2H,1H3,(H2,6,7,8,9);1,3-5,7-10H,2H2;3-6H,1-2H2/t;3-,4+,5-;/m.0./s1. The Labute approximate surface area is 141 Å². The molecule has 1 rings (SSSR count). The SMILES string of the molecule is Cc1c[nH]c(=O)[nH]c1=O.O=C[C@H](O)[C@H](O)[C@H](O)CO.OCC(O)CO. The number of aliphatic hydroxyl groups excluding tert-OH is 7. The summed E-state index contributed by atoms with van der Waals surface area (Å²) in [5.74, 6) is 0. The van der Waals surface area contributed by atoms with Crippen molar-refractivity contribution >= 4 is 6.29 Å². The Morgan fingerprint density at radius 3 is 1.84 bits per heavy atom. The van der Waals surface area contributed by atoms with Crippen LogP contribution >= 0.6 is 0 Å². The Morgan fingerprint density at radius 1 is 1.04 bits per heavy atom. The van der Waals surface area contributed by atoms with E-state index in [1.807, 2.05) is 0 Å². The van der Waals surface area contributed by atoms with Gasteiger partial charge in [-0.25, -0.2) is 4.79 Å². The number of H-pyrrole nitrogens is 2. The van der Waals surface area contributed by atoms with Crippen molar-refractivity contribution in [1.82, 2.24) is 9.97 Å². The lowest BCUT2D eigenvalue weighted by atomic mass is 10.1. The van der Waals surface area contributed by atoms with Gasteiger partial charge in [-0.15, -0.1) is 0 Å². The molecule has 12 heteroatoms. The Hall–Kier alpha value is -1.93. The Bertz CT molecular complexity index is 568. The van der Waals surface area contributed by atoms with Crippen LogP contribution in [-0.2, 0) is 4.79 Å². The van der Waals surface area contributed by atoms with E-state index >= 15 is 0 Å². The van der Waals surface area contributed by atoms with Crippen molar-refractivity contribution in [1.29, 1.82) is 0 Å². The van der Waals surface area contributed by atoms with Gasteiger partial charge in [0.25, 0.3) is 5.56 Å². The molecule has 0 aromatic carbocycles. The molecule has 0 bridgehead atoms. The summed E-state index contributed by atoms with van der Waals surface area (Å²) in [6, 6.07) is 0. The lowest BCUT2D eigenvalue weighted by Crippen LogP contribution is -2.40. The van der Waals surface area contributed by atoms with Crippen molar-refractivity contribution in [3.63, 3.8) is 0 Å². The first-order valence-corrected chi connectivity index (χ1v) is 6.93. The molecule has 1 aromatic rings. The van der Waals surface area contributed by atoms with Crippen LogP contribution in [0.15, 0.2) is 15.8 Å². The quantitative estimate of drug-likeness (QED) is 0.217. The average molecular weight is 368 g/mol. The zero-order valence-corrected chi connectivity index (χ0v) is 13.4. The average Bonchev–Trinajstić information content (AvgIpc) is 2.63. The van der Waals surface area contributed by atoms with Crippen LogP contribution < -0.4 is 11.2 Å². The Morgan fingerprint density at radius 2 is 1.56 bits per heavy atom. The molecule has 0 spiro atoms. The second-order valence-electron chi connectivity index (χ2n) is 4.64. The molecule has 0 unspecified atom stereocenters. The minimum Gasteiger partial charge on any atom is -0.394 e. The Balaban J connectivity index is 0. The lowest BCUT2D eigenvalue weighted by Gasteiger charge is -2.16. The molecule has 0 saturated heterocycles. The second kappa shape index (κ2) is 14.4. The minimum absolute atomic E-state index is 0.0869. The van der Waals surface area contributed by atoms with Crippen molar-refractivity contribution < 1.29 is 40.5 Å². The highest BCUT2D eigenvalue weighted by Crippen LogP contribution is 1.96. The molecule has 146 valence electrons. The Kier molecular flexibility index (Phi) is 14.6. The van der Waals surface area contributed by atoms with E-state index in [-0.39, 0.29) is 25.1 Å². The van der Waals surface area contributed by atoms with E-state index in [0.717, 1.165) is 0 Å². The van der Waals surface area contributed by atoms with E-state index in [1.165, 1.54) is 6.20 Å². The van der Waals surface area contributed by atoms with Gasteiger partial charge in [0.1, 0.15) is 24.4 Å². The number of carbonyl (C=O) groups excluding carboxylic acids is 1. The molecule has 0 radical (unpaired) electrons. The van der Waals surface area contributed by atoms with Gasteiger partial charge < -0.3 is 45.5 Å². The largest absolute Gasteiger partial charge is 0.394 e. The molecule has 1 aromatic heterocycles. The highest BCUT2D eigenvalue weighted by atomic mass is 16.4. The number of aromatic nitrogens is 2. The summed E-state index contributed by atoms with van der Waals surface area (Å²) in [6.07, 6.45) is -4.21. The molecule has 12 nitrogen and oxygen atoms in total. The van der Waals surface area contributed by atoms with E-state index in [2.05, 4.69) is 9.97 Å². The van der Waals surface area contributed by atoms with Crippen molar-refractivity contribution in [3.8, 4) is 0 Å². The highest BCUT2D eigenvalue weighted by Gasteiger charge is 2.22. The third kappa shape index (κ3) is 12.1. The fraction of sp³-hybridized carbons (Fsp3) is 0.615. The summed E-state index contributed by atoms with van der Waals surface area (Å²) in [5.41, 5.74) is -0.293. The van der Waals surface area contributed by atoms with E-state index < -0.39 is 36.7 Å². The van der Waals surface area contributed by atoms with E-state index in [9.17, 15) is 14.4 Å². The van der Waals surface area contributed by atoms with Gasteiger partial charge >= 0.3 is 5.69 Å². The number of aryl methyl sites for hydroxylation is 1. The summed E-state index contributed by atoms with van der Waals surface area (Å²) >= 11 is 0. The summed E-state index contributed by atoms with van der Waals surface area (Å²) in [5, 5.41) is 58.1. The van der Waals surface area contributed by atoms with Crippen LogP contribution in [0.25, 0.3) is 0 Å². The van der Waals surface area contributed by atoms with Crippen molar-refractivity contribution in [3.05, 3.63) is 32.6 Å². The van der Waals surface area contributed by atoms with Crippen LogP contribution in [0.3, 0.4) is 0 Å². The maximum atomic E-state index is 10.6. The first-order chi connectivity index (χ1) is 11.6. The fourth-order valence-corrected chi connectivity index (χ4v) is 0.951. The topological polar surface area (TPSA) is 224 Å². The molecule has 0 saturated carbocycles. The van der Waals surface area contributed by atoms with E-state index in [4.69, 9.17) is 35.7 Å². The number of aliphatic hydroxyl groups is 7. The number of rotatable bonds is 6. The predicted octanol–water partition coefficient (Wildman–Crippen LogP) is -5.04.